The van der Waals surface area contributed by atoms with Crippen LogP contribution < -0.4 is 10.9 Å². The summed E-state index contributed by atoms with van der Waals surface area (Å²) >= 11 is 5.90. The molecule has 24 heavy (non-hydrogen) atoms. The Kier molecular flexibility index (Phi) is 4.36. The van der Waals surface area contributed by atoms with Gasteiger partial charge in [-0.15, -0.1) is 0 Å². The van der Waals surface area contributed by atoms with Crippen molar-refractivity contribution in [2.75, 3.05) is 5.32 Å². The van der Waals surface area contributed by atoms with Gasteiger partial charge in [0, 0.05) is 17.1 Å². The number of carbonyl (C=O) groups is 1. The molecule has 3 aromatic rings. The Bertz CT molecular complexity index is 978. The van der Waals surface area contributed by atoms with Crippen LogP contribution in [-0.2, 0) is 6.42 Å². The number of fused-ring (bicyclic) bond motifs is 1. The summed E-state index contributed by atoms with van der Waals surface area (Å²) in [6.07, 6.45) is 0.719. The van der Waals surface area contributed by atoms with E-state index in [1.165, 1.54) is 18.2 Å². The molecule has 0 aliphatic heterocycles. The number of aromatic amines is 1. The van der Waals surface area contributed by atoms with E-state index in [0.29, 0.717) is 11.2 Å². The molecule has 1 amide bonds. The predicted octanol–water partition coefficient (Wildman–Crippen LogP) is 4.14. The van der Waals surface area contributed by atoms with Gasteiger partial charge in [-0.05, 0) is 36.2 Å². The van der Waals surface area contributed by atoms with E-state index in [1.54, 1.807) is 18.2 Å². The molecule has 0 aliphatic carbocycles. The first-order valence-corrected chi connectivity index (χ1v) is 7.78. The highest BCUT2D eigenvalue weighted by atomic mass is 35.5. The molecule has 0 atom stereocenters. The number of aryl methyl sites for hydroxylation is 1. The Morgan fingerprint density at radius 1 is 1.25 bits per heavy atom. The maximum atomic E-state index is 13.8. The normalized spacial score (nSPS) is 10.8. The van der Waals surface area contributed by atoms with Crippen LogP contribution in [0.15, 0.2) is 47.3 Å². The lowest BCUT2D eigenvalue weighted by molar-refractivity contribution is 0.102. The average molecular weight is 345 g/mol. The van der Waals surface area contributed by atoms with Crippen molar-refractivity contribution in [1.29, 1.82) is 0 Å². The van der Waals surface area contributed by atoms with E-state index in [9.17, 15) is 14.0 Å². The number of pyridine rings is 1. The van der Waals surface area contributed by atoms with Crippen LogP contribution in [-0.4, -0.2) is 10.9 Å². The molecule has 2 N–H and O–H groups in total. The molecule has 1 heterocycles. The van der Waals surface area contributed by atoms with Crippen molar-refractivity contribution in [2.24, 2.45) is 0 Å². The van der Waals surface area contributed by atoms with Crippen molar-refractivity contribution in [3.05, 3.63) is 74.8 Å². The summed E-state index contributed by atoms with van der Waals surface area (Å²) in [6, 6.07) is 10.8. The quantitative estimate of drug-likeness (QED) is 0.750. The molecule has 4 nitrogen and oxygen atoms in total. The van der Waals surface area contributed by atoms with E-state index < -0.39 is 11.7 Å². The summed E-state index contributed by atoms with van der Waals surface area (Å²) < 4.78 is 13.8. The third kappa shape index (κ3) is 3.03. The summed E-state index contributed by atoms with van der Waals surface area (Å²) in [4.78, 5) is 26.7. The van der Waals surface area contributed by atoms with Gasteiger partial charge in [-0.3, -0.25) is 9.59 Å². The molecule has 3 rings (SSSR count). The largest absolute Gasteiger partial charge is 0.322 e. The summed E-state index contributed by atoms with van der Waals surface area (Å²) in [5.74, 6) is -1.34. The lowest BCUT2D eigenvalue weighted by atomic mass is 10.1. The first-order valence-electron chi connectivity index (χ1n) is 7.41. The monoisotopic (exact) mass is 344 g/mol. The van der Waals surface area contributed by atoms with Crippen molar-refractivity contribution in [2.45, 2.75) is 13.3 Å². The van der Waals surface area contributed by atoms with Crippen LogP contribution in [0, 0.1) is 5.82 Å². The minimum absolute atomic E-state index is 0.0370. The Morgan fingerprint density at radius 2 is 2.04 bits per heavy atom. The molecule has 6 heteroatoms. The van der Waals surface area contributed by atoms with Gasteiger partial charge < -0.3 is 10.3 Å². The molecule has 0 bridgehead atoms. The Labute approximate surface area is 142 Å². The molecule has 122 valence electrons. The highest BCUT2D eigenvalue weighted by Gasteiger charge is 2.16. The fourth-order valence-corrected chi connectivity index (χ4v) is 2.86. The zero-order valence-corrected chi connectivity index (χ0v) is 13.6. The highest BCUT2D eigenvalue weighted by molar-refractivity contribution is 6.34. The molecule has 0 radical (unpaired) electrons. The molecule has 2 aromatic carbocycles. The van der Waals surface area contributed by atoms with Crippen LogP contribution in [0.1, 0.15) is 22.8 Å². The Morgan fingerprint density at radius 3 is 2.75 bits per heavy atom. The number of amides is 1. The SMILES string of the molecule is CCc1cc(=O)[nH]c2cc(NC(=O)c3c(F)cccc3Cl)ccc12. The van der Waals surface area contributed by atoms with Crippen LogP contribution in [0.2, 0.25) is 5.02 Å². The van der Waals surface area contributed by atoms with Crippen molar-refractivity contribution in [3.63, 3.8) is 0 Å². The van der Waals surface area contributed by atoms with Gasteiger partial charge in [0.25, 0.3) is 5.91 Å². The van der Waals surface area contributed by atoms with E-state index in [4.69, 9.17) is 11.6 Å². The van der Waals surface area contributed by atoms with Gasteiger partial charge in [0.1, 0.15) is 5.82 Å². The lowest BCUT2D eigenvalue weighted by Crippen LogP contribution is -2.14. The number of halogens is 2. The third-order valence-electron chi connectivity index (χ3n) is 3.76. The van der Waals surface area contributed by atoms with Crippen LogP contribution in [0.5, 0.6) is 0 Å². The Balaban J connectivity index is 1.99. The van der Waals surface area contributed by atoms with E-state index >= 15 is 0 Å². The average Bonchev–Trinajstić information content (AvgIpc) is 2.53. The number of aromatic nitrogens is 1. The second-order valence-electron chi connectivity index (χ2n) is 5.32. The molecule has 1 aromatic heterocycles. The second-order valence-corrected chi connectivity index (χ2v) is 5.73. The smallest absolute Gasteiger partial charge is 0.260 e. The number of H-pyrrole nitrogens is 1. The molecule has 0 saturated carbocycles. The van der Waals surface area contributed by atoms with Gasteiger partial charge in [-0.2, -0.15) is 0 Å². The van der Waals surface area contributed by atoms with Gasteiger partial charge in [0.15, 0.2) is 0 Å². The van der Waals surface area contributed by atoms with Gasteiger partial charge >= 0.3 is 0 Å². The van der Waals surface area contributed by atoms with Crippen LogP contribution in [0.25, 0.3) is 10.9 Å². The number of benzene rings is 2. The highest BCUT2D eigenvalue weighted by Crippen LogP contribution is 2.23. The number of rotatable bonds is 3. The van der Waals surface area contributed by atoms with Crippen molar-refractivity contribution >= 4 is 34.1 Å². The fourth-order valence-electron chi connectivity index (χ4n) is 2.61. The molecule has 0 saturated heterocycles. The van der Waals surface area contributed by atoms with Crippen LogP contribution in [0.4, 0.5) is 10.1 Å². The molecular formula is C18H14ClFN2O2. The number of hydrogen-bond acceptors (Lipinski definition) is 2. The first kappa shape index (κ1) is 16.2. The summed E-state index contributed by atoms with van der Waals surface area (Å²) in [7, 11) is 0. The number of anilines is 1. The standard InChI is InChI=1S/C18H14ClFN2O2/c1-2-10-8-16(23)22-15-9-11(6-7-12(10)15)21-18(24)17-13(19)4-3-5-14(17)20/h3-9H,2H2,1H3,(H,21,24)(H,22,23). The molecule has 0 aliphatic rings. The maximum absolute atomic E-state index is 13.8. The van der Waals surface area contributed by atoms with E-state index in [2.05, 4.69) is 10.3 Å². The second kappa shape index (κ2) is 6.45. The van der Waals surface area contributed by atoms with Crippen molar-refractivity contribution in [1.82, 2.24) is 4.98 Å². The van der Waals surface area contributed by atoms with Gasteiger partial charge in [-0.1, -0.05) is 30.7 Å². The lowest BCUT2D eigenvalue weighted by Gasteiger charge is -2.10. The summed E-state index contributed by atoms with van der Waals surface area (Å²) in [6.45, 7) is 1.96. The van der Waals surface area contributed by atoms with Crippen LogP contribution in [0.3, 0.4) is 0 Å². The Hall–Kier alpha value is -2.66. The van der Waals surface area contributed by atoms with Gasteiger partial charge in [0.2, 0.25) is 5.56 Å². The zero-order chi connectivity index (χ0) is 17.3. The zero-order valence-electron chi connectivity index (χ0n) is 12.8. The van der Waals surface area contributed by atoms with E-state index in [0.717, 1.165) is 17.4 Å². The van der Waals surface area contributed by atoms with Crippen molar-refractivity contribution in [3.8, 4) is 0 Å². The predicted molar refractivity (Wildman–Crippen MR) is 93.3 cm³/mol. The number of hydrogen-bond donors (Lipinski definition) is 2. The topological polar surface area (TPSA) is 62.0 Å². The minimum Gasteiger partial charge on any atom is -0.322 e. The molecule has 0 fully saturated rings. The minimum atomic E-state index is -0.692. The first-order chi connectivity index (χ1) is 11.5. The molecule has 0 spiro atoms. The van der Waals surface area contributed by atoms with E-state index in [-0.39, 0.29) is 16.1 Å². The van der Waals surface area contributed by atoms with Gasteiger partial charge in [-0.25, -0.2) is 4.39 Å². The van der Waals surface area contributed by atoms with Gasteiger partial charge in [0.05, 0.1) is 16.1 Å². The fraction of sp³-hybridized carbons (Fsp3) is 0.111. The molecular weight excluding hydrogens is 331 g/mol. The van der Waals surface area contributed by atoms with E-state index in [1.807, 2.05) is 13.0 Å². The summed E-state index contributed by atoms with van der Waals surface area (Å²) in [5, 5.41) is 3.54. The maximum Gasteiger partial charge on any atom is 0.260 e. The van der Waals surface area contributed by atoms with Crippen LogP contribution >= 0.6 is 11.6 Å². The number of carbonyl (C=O) groups excluding carboxylic acids is 1. The summed E-state index contributed by atoms with van der Waals surface area (Å²) in [5.41, 5.74) is 1.55. The molecule has 0 unspecified atom stereocenters. The third-order valence-corrected chi connectivity index (χ3v) is 4.07. The van der Waals surface area contributed by atoms with Crippen molar-refractivity contribution < 1.29 is 9.18 Å². The number of nitrogens with one attached hydrogen (secondary N) is 2.